The summed E-state index contributed by atoms with van der Waals surface area (Å²) >= 11 is 0. The Bertz CT molecular complexity index is 572. The van der Waals surface area contributed by atoms with Crippen molar-refractivity contribution in [2.75, 3.05) is 25.5 Å². The lowest BCUT2D eigenvalue weighted by molar-refractivity contribution is -0.0461. The highest BCUT2D eigenvalue weighted by Crippen LogP contribution is 2.32. The largest absolute Gasteiger partial charge is 0.495 e. The number of nitrogens with zero attached hydrogens (tertiary/aromatic N) is 1. The van der Waals surface area contributed by atoms with Crippen LogP contribution in [-0.2, 0) is 5.41 Å². The van der Waals surface area contributed by atoms with Crippen LogP contribution in [-0.4, -0.2) is 37.1 Å². The van der Waals surface area contributed by atoms with Crippen molar-refractivity contribution >= 4 is 11.7 Å². The van der Waals surface area contributed by atoms with E-state index in [0.717, 1.165) is 5.56 Å². The Morgan fingerprint density at radius 1 is 1.26 bits per heavy atom. The molecule has 1 aliphatic rings. The fraction of sp³-hybridized carbons (Fsp3) is 0.588. The van der Waals surface area contributed by atoms with E-state index >= 15 is 0 Å². The minimum atomic E-state index is -2.67. The summed E-state index contributed by atoms with van der Waals surface area (Å²) in [5.74, 6) is -2.12. The summed E-state index contributed by atoms with van der Waals surface area (Å²) in [5.41, 5.74) is 1.54. The number of amides is 2. The van der Waals surface area contributed by atoms with Crippen molar-refractivity contribution in [1.82, 2.24) is 4.90 Å². The number of rotatable bonds is 2. The van der Waals surface area contributed by atoms with Crippen molar-refractivity contribution in [3.8, 4) is 5.75 Å². The third-order valence-corrected chi connectivity index (χ3v) is 4.09. The van der Waals surface area contributed by atoms with E-state index in [2.05, 4.69) is 26.1 Å². The number of carbonyl (C=O) groups is 1. The standard InChI is InChI=1S/C17H24F2N2O2/c1-16(2,3)12-5-6-14(23-4)13(11-12)20-15(22)21-9-7-17(18,19)8-10-21/h5-6,11H,7-10H2,1-4H3,(H,20,22). The summed E-state index contributed by atoms with van der Waals surface area (Å²) in [6.07, 6.45) is -0.584. The second kappa shape index (κ2) is 6.34. The van der Waals surface area contributed by atoms with Crippen LogP contribution in [0.1, 0.15) is 39.2 Å². The number of anilines is 1. The van der Waals surface area contributed by atoms with E-state index in [-0.39, 0.29) is 37.4 Å². The Morgan fingerprint density at radius 3 is 2.39 bits per heavy atom. The Labute approximate surface area is 135 Å². The molecule has 0 spiro atoms. The van der Waals surface area contributed by atoms with E-state index in [1.54, 1.807) is 6.07 Å². The van der Waals surface area contributed by atoms with E-state index < -0.39 is 5.92 Å². The molecule has 1 N–H and O–H groups in total. The topological polar surface area (TPSA) is 41.6 Å². The van der Waals surface area contributed by atoms with Gasteiger partial charge in [-0.2, -0.15) is 0 Å². The minimum absolute atomic E-state index is 0.0557. The molecular weight excluding hydrogens is 302 g/mol. The number of likely N-dealkylation sites (tertiary alicyclic amines) is 1. The number of alkyl halides is 2. The summed E-state index contributed by atoms with van der Waals surface area (Å²) in [5, 5.41) is 2.79. The highest BCUT2D eigenvalue weighted by Gasteiger charge is 2.35. The van der Waals surface area contributed by atoms with E-state index in [9.17, 15) is 13.6 Å². The van der Waals surface area contributed by atoms with Crippen LogP contribution in [0.4, 0.5) is 19.3 Å². The predicted octanol–water partition coefficient (Wildman–Crippen LogP) is 4.26. The molecule has 1 aromatic carbocycles. The molecule has 6 heteroatoms. The molecular formula is C17H24F2N2O2. The number of carbonyl (C=O) groups excluding carboxylic acids is 1. The molecule has 0 aromatic heterocycles. The molecule has 128 valence electrons. The van der Waals surface area contributed by atoms with E-state index in [0.29, 0.717) is 11.4 Å². The predicted molar refractivity (Wildman–Crippen MR) is 86.5 cm³/mol. The van der Waals surface area contributed by atoms with Crippen LogP contribution in [0.3, 0.4) is 0 Å². The molecule has 1 aromatic rings. The van der Waals surface area contributed by atoms with Crippen molar-refractivity contribution < 1.29 is 18.3 Å². The Balaban J connectivity index is 2.14. The molecule has 0 bridgehead atoms. The van der Waals surface area contributed by atoms with Gasteiger partial charge in [-0.1, -0.05) is 26.8 Å². The summed E-state index contributed by atoms with van der Waals surface area (Å²) < 4.78 is 31.7. The molecule has 0 aliphatic carbocycles. The summed E-state index contributed by atoms with van der Waals surface area (Å²) in [7, 11) is 1.53. The van der Waals surface area contributed by atoms with Gasteiger partial charge in [0.15, 0.2) is 0 Å². The number of methoxy groups -OCH3 is 1. The number of halogens is 2. The molecule has 1 aliphatic heterocycles. The molecule has 0 radical (unpaired) electrons. The second-order valence-corrected chi connectivity index (χ2v) is 6.94. The van der Waals surface area contributed by atoms with Gasteiger partial charge in [0.1, 0.15) is 5.75 Å². The average Bonchev–Trinajstić information content (AvgIpc) is 2.46. The second-order valence-electron chi connectivity index (χ2n) is 6.94. The molecule has 23 heavy (non-hydrogen) atoms. The number of hydrogen-bond donors (Lipinski definition) is 1. The summed E-state index contributed by atoms with van der Waals surface area (Å²) in [6.45, 7) is 6.34. The fourth-order valence-electron chi connectivity index (χ4n) is 2.50. The Hall–Kier alpha value is -1.85. The molecule has 1 saturated heterocycles. The zero-order chi connectivity index (χ0) is 17.3. The van der Waals surface area contributed by atoms with Crippen LogP contribution < -0.4 is 10.1 Å². The quantitative estimate of drug-likeness (QED) is 0.882. The maximum Gasteiger partial charge on any atom is 0.321 e. The first-order valence-electron chi connectivity index (χ1n) is 7.75. The third kappa shape index (κ3) is 4.33. The van der Waals surface area contributed by atoms with Crippen LogP contribution in [0, 0.1) is 0 Å². The number of benzene rings is 1. The molecule has 2 amide bonds. The summed E-state index contributed by atoms with van der Waals surface area (Å²) in [6, 6.07) is 5.26. The van der Waals surface area contributed by atoms with Crippen LogP contribution in [0.15, 0.2) is 18.2 Å². The van der Waals surface area contributed by atoms with Gasteiger partial charge in [0, 0.05) is 25.9 Å². The van der Waals surface area contributed by atoms with Crippen molar-refractivity contribution in [2.45, 2.75) is 45.0 Å². The van der Waals surface area contributed by atoms with E-state index in [4.69, 9.17) is 4.74 Å². The van der Waals surface area contributed by atoms with Gasteiger partial charge in [0.25, 0.3) is 5.92 Å². The van der Waals surface area contributed by atoms with Gasteiger partial charge in [-0.05, 0) is 23.1 Å². The highest BCUT2D eigenvalue weighted by atomic mass is 19.3. The van der Waals surface area contributed by atoms with Crippen molar-refractivity contribution in [3.05, 3.63) is 23.8 Å². The lowest BCUT2D eigenvalue weighted by atomic mass is 9.87. The molecule has 0 saturated carbocycles. The molecule has 1 heterocycles. The maximum absolute atomic E-state index is 13.2. The number of hydrogen-bond acceptors (Lipinski definition) is 2. The molecule has 2 rings (SSSR count). The van der Waals surface area contributed by atoms with Crippen LogP contribution in [0.25, 0.3) is 0 Å². The maximum atomic E-state index is 13.2. The van der Waals surface area contributed by atoms with Crippen molar-refractivity contribution in [1.29, 1.82) is 0 Å². The third-order valence-electron chi connectivity index (χ3n) is 4.09. The number of urea groups is 1. The van der Waals surface area contributed by atoms with Gasteiger partial charge >= 0.3 is 6.03 Å². The van der Waals surface area contributed by atoms with Crippen LogP contribution >= 0.6 is 0 Å². The first-order chi connectivity index (χ1) is 10.6. The number of nitrogens with one attached hydrogen (secondary N) is 1. The van der Waals surface area contributed by atoms with Gasteiger partial charge < -0.3 is 15.0 Å². The lowest BCUT2D eigenvalue weighted by Gasteiger charge is -2.32. The van der Waals surface area contributed by atoms with Gasteiger partial charge in [-0.15, -0.1) is 0 Å². The van der Waals surface area contributed by atoms with Gasteiger partial charge in [0.2, 0.25) is 0 Å². The molecule has 0 atom stereocenters. The fourth-order valence-corrected chi connectivity index (χ4v) is 2.50. The highest BCUT2D eigenvalue weighted by molar-refractivity contribution is 5.91. The van der Waals surface area contributed by atoms with Gasteiger partial charge in [-0.3, -0.25) is 0 Å². The molecule has 4 nitrogen and oxygen atoms in total. The SMILES string of the molecule is COc1ccc(C(C)(C)C)cc1NC(=O)N1CCC(F)(F)CC1. The lowest BCUT2D eigenvalue weighted by Crippen LogP contribution is -2.44. The first-order valence-corrected chi connectivity index (χ1v) is 7.75. The first kappa shape index (κ1) is 17.5. The zero-order valence-corrected chi connectivity index (χ0v) is 14.1. The van der Waals surface area contributed by atoms with E-state index in [1.165, 1.54) is 12.0 Å². The smallest absolute Gasteiger partial charge is 0.321 e. The zero-order valence-electron chi connectivity index (χ0n) is 14.1. The van der Waals surface area contributed by atoms with Crippen molar-refractivity contribution in [3.63, 3.8) is 0 Å². The molecule has 1 fully saturated rings. The van der Waals surface area contributed by atoms with Gasteiger partial charge in [-0.25, -0.2) is 13.6 Å². The number of ether oxygens (including phenoxy) is 1. The Kier molecular flexibility index (Phi) is 4.82. The molecule has 0 unspecified atom stereocenters. The minimum Gasteiger partial charge on any atom is -0.495 e. The van der Waals surface area contributed by atoms with Crippen LogP contribution in [0.2, 0.25) is 0 Å². The van der Waals surface area contributed by atoms with Gasteiger partial charge in [0.05, 0.1) is 12.8 Å². The summed E-state index contributed by atoms with van der Waals surface area (Å²) in [4.78, 5) is 13.7. The van der Waals surface area contributed by atoms with Crippen LogP contribution in [0.5, 0.6) is 5.75 Å². The average molecular weight is 326 g/mol. The monoisotopic (exact) mass is 326 g/mol. The normalized spacial score (nSPS) is 17.7. The number of piperidine rings is 1. The van der Waals surface area contributed by atoms with E-state index in [1.807, 2.05) is 12.1 Å². The van der Waals surface area contributed by atoms with Crippen molar-refractivity contribution in [2.24, 2.45) is 0 Å². The Morgan fingerprint density at radius 2 is 1.87 bits per heavy atom.